The third-order valence-corrected chi connectivity index (χ3v) is 7.87. The summed E-state index contributed by atoms with van der Waals surface area (Å²) < 4.78 is 36.8. The number of aromatic nitrogens is 8. The zero-order valence-electron chi connectivity index (χ0n) is 21.2. The van der Waals surface area contributed by atoms with Crippen molar-refractivity contribution in [3.63, 3.8) is 0 Å². The van der Waals surface area contributed by atoms with Crippen LogP contribution in [0.2, 0.25) is 0 Å². The first-order valence-electron chi connectivity index (χ1n) is 12.3. The Morgan fingerprint density at radius 3 is 2.43 bits per heavy atom. The number of aromatic amines is 1. The van der Waals surface area contributed by atoms with Crippen LogP contribution in [-0.4, -0.2) is 114 Å². The first kappa shape index (κ1) is 28.5. The van der Waals surface area contributed by atoms with E-state index in [4.69, 9.17) is 30.0 Å². The van der Waals surface area contributed by atoms with Crippen molar-refractivity contribution in [2.45, 2.75) is 49.1 Å². The van der Waals surface area contributed by atoms with Crippen molar-refractivity contribution in [1.82, 2.24) is 39.0 Å². The van der Waals surface area contributed by atoms with Gasteiger partial charge in [0.1, 0.15) is 54.1 Å². The number of fused-ring (bicyclic) bond motifs is 2. The van der Waals surface area contributed by atoms with Gasteiger partial charge in [-0.2, -0.15) is 4.98 Å². The standard InChI is InChI=1S/C20H25N10O11P/c21-14-8-15(24-3-23-14)29(4-25-8)19-12(34)13(6(1-31)39-19)41-42(36,37)38-2-7-10(32)11(33)18(40-7)30-5-26-9-16(30)27-20(22)28-17(9)35/h3-7,10-13,18-19,31-34H,1-2H2,(H,36,37)(H2,21,23,24)(H3,22,27,28,35). The number of aliphatic hydroxyl groups excluding tert-OH is 4. The molecule has 0 saturated carbocycles. The number of nitrogens with one attached hydrogen (secondary N) is 1. The molecule has 0 amide bonds. The van der Waals surface area contributed by atoms with E-state index in [0.717, 1.165) is 6.33 Å². The molecule has 2 aliphatic rings. The number of H-pyrrole nitrogens is 1. The van der Waals surface area contributed by atoms with E-state index in [0.29, 0.717) is 0 Å². The van der Waals surface area contributed by atoms with Gasteiger partial charge in [0, 0.05) is 0 Å². The minimum absolute atomic E-state index is 0.0566. The molecule has 42 heavy (non-hydrogen) atoms. The monoisotopic (exact) mass is 612 g/mol. The molecule has 6 heterocycles. The molecule has 9 atom stereocenters. The molecule has 6 rings (SSSR count). The van der Waals surface area contributed by atoms with Crippen molar-refractivity contribution < 1.29 is 48.4 Å². The fraction of sp³-hybridized carbons (Fsp3) is 0.500. The van der Waals surface area contributed by atoms with Crippen LogP contribution in [-0.2, 0) is 23.1 Å². The van der Waals surface area contributed by atoms with E-state index in [1.165, 1.54) is 21.8 Å². The Hall–Kier alpha value is -3.63. The third-order valence-electron chi connectivity index (χ3n) is 6.88. The van der Waals surface area contributed by atoms with Crippen LogP contribution in [0.25, 0.3) is 22.3 Å². The Morgan fingerprint density at radius 1 is 0.976 bits per heavy atom. The van der Waals surface area contributed by atoms with E-state index in [2.05, 4.69) is 29.9 Å². The second-order valence-electron chi connectivity index (χ2n) is 9.48. The van der Waals surface area contributed by atoms with E-state index in [-0.39, 0.29) is 34.1 Å². The van der Waals surface area contributed by atoms with Gasteiger partial charge in [-0.3, -0.25) is 23.0 Å². The average Bonchev–Trinajstić information content (AvgIpc) is 3.69. The largest absolute Gasteiger partial charge is 0.472 e. The van der Waals surface area contributed by atoms with E-state index in [9.17, 15) is 34.7 Å². The van der Waals surface area contributed by atoms with E-state index in [1.807, 2.05) is 0 Å². The lowest BCUT2D eigenvalue weighted by Gasteiger charge is -2.23. The fourth-order valence-electron chi connectivity index (χ4n) is 4.88. The van der Waals surface area contributed by atoms with E-state index in [1.54, 1.807) is 0 Å². The Balaban J connectivity index is 1.14. The van der Waals surface area contributed by atoms with Crippen LogP contribution in [0.1, 0.15) is 12.5 Å². The molecular formula is C20H25N10O11P. The van der Waals surface area contributed by atoms with Gasteiger partial charge in [-0.05, 0) is 0 Å². The van der Waals surface area contributed by atoms with E-state index >= 15 is 0 Å². The number of ether oxygens (including phenoxy) is 2. The molecule has 2 fully saturated rings. The maximum Gasteiger partial charge on any atom is 0.472 e. The Bertz CT molecular complexity index is 1730. The van der Waals surface area contributed by atoms with Gasteiger partial charge in [0.15, 0.2) is 29.4 Å². The van der Waals surface area contributed by atoms with Crippen molar-refractivity contribution in [3.8, 4) is 0 Å². The van der Waals surface area contributed by atoms with Gasteiger partial charge in [0.05, 0.1) is 25.9 Å². The number of hydrogen-bond donors (Lipinski definition) is 8. The lowest BCUT2D eigenvalue weighted by atomic mass is 10.1. The van der Waals surface area contributed by atoms with Gasteiger partial charge < -0.3 is 51.2 Å². The summed E-state index contributed by atoms with van der Waals surface area (Å²) in [5, 5.41) is 41.8. The number of aliphatic hydroxyl groups is 4. The third kappa shape index (κ3) is 4.80. The summed E-state index contributed by atoms with van der Waals surface area (Å²) in [6, 6.07) is 0. The van der Waals surface area contributed by atoms with Crippen molar-refractivity contribution >= 4 is 41.9 Å². The molecule has 0 aliphatic carbocycles. The minimum atomic E-state index is -5.01. The zero-order chi connectivity index (χ0) is 29.9. The summed E-state index contributed by atoms with van der Waals surface area (Å²) in [5.41, 5.74) is 11.0. The van der Waals surface area contributed by atoms with Crippen LogP contribution < -0.4 is 17.0 Å². The topological polar surface area (TPSA) is 314 Å². The Labute approximate surface area is 232 Å². The van der Waals surface area contributed by atoms with Gasteiger partial charge >= 0.3 is 13.4 Å². The molecule has 2 saturated heterocycles. The molecule has 0 radical (unpaired) electrons. The predicted molar refractivity (Wildman–Crippen MR) is 136 cm³/mol. The molecule has 0 spiro atoms. The van der Waals surface area contributed by atoms with Crippen molar-refractivity contribution in [3.05, 3.63) is 29.3 Å². The van der Waals surface area contributed by atoms with Crippen LogP contribution in [0, 0.1) is 0 Å². The molecule has 21 nitrogen and oxygen atoms in total. The second kappa shape index (κ2) is 10.6. The molecule has 22 heteroatoms. The molecule has 226 valence electrons. The average molecular weight is 612 g/mol. The molecule has 2 aliphatic heterocycles. The number of hydrogen-bond acceptors (Lipinski definition) is 17. The number of anilines is 2. The van der Waals surface area contributed by atoms with E-state index < -0.39 is 75.7 Å². The molecule has 9 unspecified atom stereocenters. The Morgan fingerprint density at radius 2 is 1.67 bits per heavy atom. The first-order valence-corrected chi connectivity index (χ1v) is 13.8. The van der Waals surface area contributed by atoms with Crippen LogP contribution in [0.4, 0.5) is 11.8 Å². The quantitative estimate of drug-likeness (QED) is 0.0894. The number of nitrogen functional groups attached to an aromatic ring is 2. The zero-order valence-corrected chi connectivity index (χ0v) is 22.1. The highest BCUT2D eigenvalue weighted by molar-refractivity contribution is 7.47. The summed E-state index contributed by atoms with van der Waals surface area (Å²) in [5.74, 6) is -0.147. The number of phosphoric ester groups is 1. The number of phosphoric acid groups is 1. The summed E-state index contributed by atoms with van der Waals surface area (Å²) in [4.78, 5) is 44.5. The normalized spacial score (nSPS) is 31.3. The molecule has 4 aromatic rings. The summed E-state index contributed by atoms with van der Waals surface area (Å²) >= 11 is 0. The summed E-state index contributed by atoms with van der Waals surface area (Å²) in [7, 11) is -5.01. The van der Waals surface area contributed by atoms with Gasteiger partial charge in [0.2, 0.25) is 5.95 Å². The van der Waals surface area contributed by atoms with Gasteiger partial charge in [-0.1, -0.05) is 0 Å². The van der Waals surface area contributed by atoms with Gasteiger partial charge in [-0.25, -0.2) is 24.5 Å². The van der Waals surface area contributed by atoms with Crippen molar-refractivity contribution in [2.24, 2.45) is 0 Å². The van der Waals surface area contributed by atoms with Crippen LogP contribution in [0.3, 0.4) is 0 Å². The lowest BCUT2D eigenvalue weighted by Crippen LogP contribution is -2.36. The highest BCUT2D eigenvalue weighted by atomic mass is 31.2. The maximum atomic E-state index is 12.9. The van der Waals surface area contributed by atoms with Crippen molar-refractivity contribution in [1.29, 1.82) is 0 Å². The fourth-order valence-corrected chi connectivity index (χ4v) is 5.84. The summed E-state index contributed by atoms with van der Waals surface area (Å²) in [6.07, 6.45) is -7.96. The minimum Gasteiger partial charge on any atom is -0.394 e. The molecule has 0 aromatic carbocycles. The Kier molecular flexibility index (Phi) is 7.17. The van der Waals surface area contributed by atoms with Gasteiger partial charge in [0.25, 0.3) is 0 Å². The lowest BCUT2D eigenvalue weighted by molar-refractivity contribution is -0.0585. The number of nitrogens with two attached hydrogens (primary N) is 2. The molecule has 0 bridgehead atoms. The second-order valence-corrected chi connectivity index (χ2v) is 10.9. The predicted octanol–water partition coefficient (Wildman–Crippen LogP) is -3.50. The molecular weight excluding hydrogens is 587 g/mol. The number of nitrogens with zero attached hydrogens (tertiary/aromatic N) is 7. The van der Waals surface area contributed by atoms with Crippen LogP contribution in [0.5, 0.6) is 0 Å². The van der Waals surface area contributed by atoms with Gasteiger partial charge in [-0.15, -0.1) is 0 Å². The van der Waals surface area contributed by atoms with Crippen LogP contribution >= 0.6 is 7.82 Å². The highest BCUT2D eigenvalue weighted by Crippen LogP contribution is 2.49. The molecule has 10 N–H and O–H groups in total. The first-order chi connectivity index (χ1) is 20.0. The van der Waals surface area contributed by atoms with Crippen molar-refractivity contribution in [2.75, 3.05) is 24.7 Å². The SMILES string of the molecule is Nc1nc(=O)c2ncn(C3OC(COP(=O)(O)OC4C(CO)OC(n5cnc6c(N)ncnc65)C4O)C(O)C3O)c2[nH]1. The summed E-state index contributed by atoms with van der Waals surface area (Å²) in [6.45, 7) is -1.46. The van der Waals surface area contributed by atoms with Crippen LogP contribution in [0.15, 0.2) is 23.8 Å². The highest BCUT2D eigenvalue weighted by Gasteiger charge is 2.50. The smallest absolute Gasteiger partial charge is 0.394 e. The maximum absolute atomic E-state index is 12.9. The molecule has 4 aromatic heterocycles. The number of imidazole rings is 2. The number of rotatable bonds is 8.